The second-order valence-corrected chi connectivity index (χ2v) is 10.8. The largest absolute Gasteiger partial charge is 2.00 e. The smallest absolute Gasteiger partial charge is 1.00 e. The minimum Gasteiger partial charge on any atom is -1.00 e. The van der Waals surface area contributed by atoms with Crippen molar-refractivity contribution in [2.75, 3.05) is 0 Å². The van der Waals surface area contributed by atoms with Gasteiger partial charge in [-0.3, -0.25) is 9.59 Å². The fourth-order valence-electron chi connectivity index (χ4n) is 4.59. The summed E-state index contributed by atoms with van der Waals surface area (Å²) in [5, 5.41) is 17.0. The first kappa shape index (κ1) is 42.0. The van der Waals surface area contributed by atoms with E-state index in [1.807, 2.05) is 0 Å². The maximum Gasteiger partial charge on any atom is 2.00 e. The topological polar surface area (TPSA) is 74.6 Å². The van der Waals surface area contributed by atoms with Gasteiger partial charge >= 0.3 is 60.8 Å². The van der Waals surface area contributed by atoms with Crippen molar-refractivity contribution in [1.82, 2.24) is 0 Å². The van der Waals surface area contributed by atoms with E-state index in [2.05, 4.69) is 13.8 Å². The Morgan fingerprint density at radius 3 is 0.703 bits per heavy atom. The van der Waals surface area contributed by atoms with Gasteiger partial charge in [-0.2, -0.15) is 0 Å². The molecule has 0 saturated heterocycles. The molecule has 0 radical (unpaired) electrons. The minimum atomic E-state index is -0.657. The Labute approximate surface area is 275 Å². The van der Waals surface area contributed by atoms with Crippen LogP contribution in [0.5, 0.6) is 0 Å². The summed E-state index contributed by atoms with van der Waals surface area (Å²) in [5.41, 5.74) is 0. The molecule has 0 atom stereocenters. The zero-order valence-electron chi connectivity index (χ0n) is 27.2. The van der Waals surface area contributed by atoms with Crippen molar-refractivity contribution < 1.29 is 22.7 Å². The summed E-state index contributed by atoms with van der Waals surface area (Å²) < 4.78 is 0. The summed E-state index contributed by atoms with van der Waals surface area (Å²) in [7, 11) is 0. The average Bonchev–Trinajstić information content (AvgIpc) is 2.85. The van der Waals surface area contributed by atoms with Gasteiger partial charge < -0.3 is 13.1 Å². The van der Waals surface area contributed by atoms with Crippen molar-refractivity contribution in [3.63, 3.8) is 0 Å². The summed E-state index contributed by atoms with van der Waals surface area (Å²) in [6, 6.07) is 0. The van der Waals surface area contributed by atoms with E-state index in [0.29, 0.717) is 12.8 Å². The monoisotopic (exact) mass is 652 g/mol. The molecule has 0 fully saturated rings. The molecule has 0 aromatic carbocycles. The number of hydrogen-bond acceptors (Lipinski definition) is 2. The van der Waals surface area contributed by atoms with E-state index in [0.717, 1.165) is 25.7 Å². The molecule has 0 amide bonds. The number of carbonyl (C=O) groups is 2. The third-order valence-corrected chi connectivity index (χ3v) is 6.99. The molecule has 0 aromatic rings. The Bertz CT molecular complexity index is 454. The van der Waals surface area contributed by atoms with Gasteiger partial charge in [0, 0.05) is 12.8 Å². The third-order valence-electron chi connectivity index (χ3n) is 6.99. The predicted octanol–water partition coefficient (Wildman–Crippen LogP) is 10.9. The third kappa shape index (κ3) is 46.7. The fraction of sp³-hybridized carbons (Fsp3) is 0.938. The Morgan fingerprint density at radius 2 is 0.541 bits per heavy atom. The normalized spacial score (nSPS) is 10.4. The number of hydrogen-bond donors (Lipinski definition) is 2. The van der Waals surface area contributed by atoms with Crippen LogP contribution in [0.3, 0.4) is 0 Å². The van der Waals surface area contributed by atoms with E-state index in [1.54, 1.807) is 0 Å². The summed E-state index contributed by atoms with van der Waals surface area (Å²) in [4.78, 5) is 20.6. The quantitative estimate of drug-likeness (QED) is 0.0652. The fourth-order valence-corrected chi connectivity index (χ4v) is 4.59. The van der Waals surface area contributed by atoms with Gasteiger partial charge in [0.25, 0.3) is 0 Å². The van der Waals surface area contributed by atoms with E-state index < -0.39 is 11.9 Å². The maximum atomic E-state index is 10.3. The molecule has 0 heterocycles. The summed E-state index contributed by atoms with van der Waals surface area (Å²) >= 11 is 0. The Balaban J connectivity index is -0.000000187. The van der Waals surface area contributed by atoms with Crippen LogP contribution in [0.2, 0.25) is 0 Å². The van der Waals surface area contributed by atoms with E-state index >= 15 is 0 Å². The molecule has 0 unspecified atom stereocenters. The number of aliphatic carboxylic acids is 2. The van der Waals surface area contributed by atoms with Gasteiger partial charge in [0.05, 0.1) is 0 Å². The second-order valence-electron chi connectivity index (χ2n) is 10.8. The first-order valence-electron chi connectivity index (χ1n) is 16.0. The molecule has 0 rings (SSSR count). The van der Waals surface area contributed by atoms with Gasteiger partial charge in [-0.25, -0.2) is 0 Å². The predicted molar refractivity (Wildman–Crippen MR) is 164 cm³/mol. The van der Waals surface area contributed by atoms with Crippen LogP contribution in [0.1, 0.15) is 196 Å². The second kappa shape index (κ2) is 38.7. The van der Waals surface area contributed by atoms with Gasteiger partial charge in [0.2, 0.25) is 0 Å². The van der Waals surface area contributed by atoms with Crippen molar-refractivity contribution in [3.05, 3.63) is 0 Å². The first-order chi connectivity index (χ1) is 17.5. The van der Waals surface area contributed by atoms with Crippen molar-refractivity contribution in [3.8, 4) is 0 Å². The van der Waals surface area contributed by atoms with Gasteiger partial charge in [0.15, 0.2) is 0 Å². The summed E-state index contributed by atoms with van der Waals surface area (Å²) in [6.07, 6.45) is 34.6. The van der Waals surface area contributed by atoms with E-state index in [9.17, 15) is 9.59 Å². The molecule has 4 nitrogen and oxygen atoms in total. The summed E-state index contributed by atoms with van der Waals surface area (Å²) in [5.74, 6) is -1.31. The number of carboxylic acid groups (broad SMARTS) is 2. The van der Waals surface area contributed by atoms with Crippen LogP contribution in [0, 0.1) is 0 Å². The van der Waals surface area contributed by atoms with Crippen molar-refractivity contribution in [2.45, 2.75) is 194 Å². The van der Waals surface area contributed by atoms with Crippen molar-refractivity contribution in [2.24, 2.45) is 0 Å². The number of carboxylic acids is 2. The van der Waals surface area contributed by atoms with Crippen molar-refractivity contribution >= 4 is 60.8 Å². The van der Waals surface area contributed by atoms with E-state index in [1.165, 1.54) is 141 Å². The molecule has 5 heteroatoms. The number of unbranched alkanes of at least 4 members (excludes halogenated alkanes) is 24. The van der Waals surface area contributed by atoms with Crippen LogP contribution >= 0.6 is 0 Å². The molecule has 0 bridgehead atoms. The SMILES string of the molecule is CCCCCCCCCCCCCC(=O)O.CCCCCCCCCCCCCCCCCC(=O)O.[Ba+2].[H-].[H-]. The molecule has 0 spiro atoms. The first-order valence-corrected chi connectivity index (χ1v) is 16.0. The zero-order valence-corrected chi connectivity index (χ0v) is 29.7. The van der Waals surface area contributed by atoms with Crippen LogP contribution in [-0.4, -0.2) is 71.0 Å². The van der Waals surface area contributed by atoms with Crippen molar-refractivity contribution in [1.29, 1.82) is 0 Å². The van der Waals surface area contributed by atoms with Crippen LogP contribution < -0.4 is 0 Å². The molecule has 0 aliphatic heterocycles. The van der Waals surface area contributed by atoms with Crippen LogP contribution in [0.4, 0.5) is 0 Å². The molecule has 37 heavy (non-hydrogen) atoms. The van der Waals surface area contributed by atoms with Gasteiger partial charge in [-0.1, -0.05) is 168 Å². The van der Waals surface area contributed by atoms with Crippen LogP contribution in [0.25, 0.3) is 0 Å². The summed E-state index contributed by atoms with van der Waals surface area (Å²) in [6.45, 7) is 4.52. The Hall–Kier alpha value is 0.511. The van der Waals surface area contributed by atoms with Crippen LogP contribution in [-0.2, 0) is 9.59 Å². The van der Waals surface area contributed by atoms with Crippen LogP contribution in [0.15, 0.2) is 0 Å². The van der Waals surface area contributed by atoms with Gasteiger partial charge in [0.1, 0.15) is 0 Å². The molecule has 0 aliphatic rings. The molecule has 0 saturated carbocycles. The average molecular weight is 652 g/mol. The molecular weight excluding hydrogens is 586 g/mol. The minimum absolute atomic E-state index is 0. The molecule has 2 N–H and O–H groups in total. The van der Waals surface area contributed by atoms with Gasteiger partial charge in [-0.15, -0.1) is 0 Å². The van der Waals surface area contributed by atoms with Gasteiger partial charge in [-0.05, 0) is 12.8 Å². The molecule has 0 aliphatic carbocycles. The maximum absolute atomic E-state index is 10.3. The standard InChI is InChI=1S/C18H36O2.C14H28O2.Ba.2H/c1-2-3-4-5-6-7-8-9-10-11-12-13-14-15-16-17-18(19)20;1-2-3-4-5-6-7-8-9-10-11-12-13-14(15)16;;;/h2-17H2,1H3,(H,19,20);2-13H2,1H3,(H,15,16);;;/q;;+2;2*-1. The zero-order chi connectivity index (χ0) is 27.0. The Morgan fingerprint density at radius 1 is 0.378 bits per heavy atom. The Kier molecular flexibility index (Phi) is 43.9. The van der Waals surface area contributed by atoms with E-state index in [4.69, 9.17) is 10.2 Å². The molecular formula is C32H66BaO4. The number of rotatable bonds is 28. The molecule has 220 valence electrons. The van der Waals surface area contributed by atoms with E-state index in [-0.39, 0.29) is 51.7 Å². The molecule has 0 aromatic heterocycles.